The SMILES string of the molecule is O=[N+]([O-])c1ccc(S(=O)(=O)NCC2CCNCC2(F)F)cc1. The van der Waals surface area contributed by atoms with Crippen LogP contribution in [0.4, 0.5) is 14.5 Å². The van der Waals surface area contributed by atoms with Crippen LogP contribution < -0.4 is 10.0 Å². The van der Waals surface area contributed by atoms with Crippen molar-refractivity contribution in [2.75, 3.05) is 19.6 Å². The summed E-state index contributed by atoms with van der Waals surface area (Å²) < 4.78 is 53.4. The lowest BCUT2D eigenvalue weighted by Crippen LogP contribution is -2.50. The quantitative estimate of drug-likeness (QED) is 0.620. The Morgan fingerprint density at radius 1 is 1.36 bits per heavy atom. The maximum atomic E-state index is 13.6. The van der Waals surface area contributed by atoms with E-state index in [4.69, 9.17) is 0 Å². The summed E-state index contributed by atoms with van der Waals surface area (Å²) in [6.07, 6.45) is 0.162. The van der Waals surface area contributed by atoms with Gasteiger partial charge in [-0.25, -0.2) is 21.9 Å². The zero-order valence-electron chi connectivity index (χ0n) is 11.5. The summed E-state index contributed by atoms with van der Waals surface area (Å²) in [4.78, 5) is 9.66. The molecule has 0 saturated carbocycles. The number of hydrogen-bond donors (Lipinski definition) is 2. The highest BCUT2D eigenvalue weighted by molar-refractivity contribution is 7.89. The third-order valence-corrected chi connectivity index (χ3v) is 4.94. The Labute approximate surface area is 125 Å². The molecule has 122 valence electrons. The molecule has 1 heterocycles. The monoisotopic (exact) mass is 335 g/mol. The zero-order chi connectivity index (χ0) is 16.4. The summed E-state index contributed by atoms with van der Waals surface area (Å²) in [6, 6.07) is 4.24. The van der Waals surface area contributed by atoms with Crippen LogP contribution in [0.5, 0.6) is 0 Å². The molecule has 0 bridgehead atoms. The number of sulfonamides is 1. The van der Waals surface area contributed by atoms with Gasteiger partial charge in [-0.05, 0) is 25.1 Å². The van der Waals surface area contributed by atoms with E-state index in [0.29, 0.717) is 6.54 Å². The van der Waals surface area contributed by atoms with Gasteiger partial charge in [0.1, 0.15) is 0 Å². The predicted octanol–water partition coefficient (Wildman–Crippen LogP) is 1.12. The van der Waals surface area contributed by atoms with Gasteiger partial charge in [-0.1, -0.05) is 0 Å². The minimum absolute atomic E-state index is 0.162. The van der Waals surface area contributed by atoms with Gasteiger partial charge in [-0.15, -0.1) is 0 Å². The lowest BCUT2D eigenvalue weighted by molar-refractivity contribution is -0.384. The van der Waals surface area contributed by atoms with Crippen molar-refractivity contribution in [2.45, 2.75) is 17.2 Å². The number of alkyl halides is 2. The molecular weight excluding hydrogens is 320 g/mol. The number of rotatable bonds is 5. The minimum Gasteiger partial charge on any atom is -0.311 e. The highest BCUT2D eigenvalue weighted by Crippen LogP contribution is 2.29. The van der Waals surface area contributed by atoms with Crippen LogP contribution in [0.15, 0.2) is 29.2 Å². The molecule has 1 unspecified atom stereocenters. The first-order chi connectivity index (χ1) is 10.2. The average molecular weight is 335 g/mol. The number of piperidine rings is 1. The largest absolute Gasteiger partial charge is 0.311 e. The number of hydrogen-bond acceptors (Lipinski definition) is 5. The molecule has 0 spiro atoms. The molecule has 0 amide bonds. The molecule has 1 aromatic carbocycles. The number of non-ortho nitro benzene ring substituents is 1. The van der Waals surface area contributed by atoms with Crippen LogP contribution in [0.2, 0.25) is 0 Å². The van der Waals surface area contributed by atoms with Crippen LogP contribution >= 0.6 is 0 Å². The van der Waals surface area contributed by atoms with Gasteiger partial charge in [0, 0.05) is 24.6 Å². The van der Waals surface area contributed by atoms with Crippen molar-refractivity contribution in [2.24, 2.45) is 5.92 Å². The number of halogens is 2. The lowest BCUT2D eigenvalue weighted by Gasteiger charge is -2.31. The van der Waals surface area contributed by atoms with Crippen LogP contribution in [0.1, 0.15) is 6.42 Å². The zero-order valence-corrected chi connectivity index (χ0v) is 12.3. The Morgan fingerprint density at radius 2 is 2.00 bits per heavy atom. The minimum atomic E-state index is -3.98. The Kier molecular flexibility index (Phi) is 4.73. The third-order valence-electron chi connectivity index (χ3n) is 3.51. The molecule has 7 nitrogen and oxygen atoms in total. The molecule has 10 heteroatoms. The molecule has 1 saturated heterocycles. The number of nitro benzene ring substituents is 1. The maximum absolute atomic E-state index is 13.6. The fourth-order valence-corrected chi connectivity index (χ4v) is 3.26. The third kappa shape index (κ3) is 3.76. The molecule has 0 aromatic heterocycles. The molecule has 1 aliphatic rings. The van der Waals surface area contributed by atoms with Crippen molar-refractivity contribution >= 4 is 15.7 Å². The van der Waals surface area contributed by atoms with Gasteiger partial charge in [-0.2, -0.15) is 0 Å². The van der Waals surface area contributed by atoms with E-state index in [1.165, 1.54) is 0 Å². The Bertz CT molecular complexity index is 649. The van der Waals surface area contributed by atoms with Crippen LogP contribution in [0.25, 0.3) is 0 Å². The second kappa shape index (κ2) is 6.23. The number of nitro groups is 1. The summed E-state index contributed by atoms with van der Waals surface area (Å²) in [7, 11) is -3.98. The molecular formula is C12H15F2N3O4S. The fourth-order valence-electron chi connectivity index (χ4n) is 2.18. The van der Waals surface area contributed by atoms with E-state index in [9.17, 15) is 27.3 Å². The maximum Gasteiger partial charge on any atom is 0.269 e. The summed E-state index contributed by atoms with van der Waals surface area (Å²) in [5, 5.41) is 13.1. The highest BCUT2D eigenvalue weighted by atomic mass is 32.2. The molecule has 22 heavy (non-hydrogen) atoms. The average Bonchev–Trinajstić information content (AvgIpc) is 2.46. The number of benzene rings is 1. The topological polar surface area (TPSA) is 101 Å². The van der Waals surface area contributed by atoms with Gasteiger partial charge in [0.2, 0.25) is 10.0 Å². The van der Waals surface area contributed by atoms with Crippen molar-refractivity contribution in [1.29, 1.82) is 0 Å². The van der Waals surface area contributed by atoms with Gasteiger partial charge in [0.05, 0.1) is 16.4 Å². The molecule has 2 N–H and O–H groups in total. The van der Waals surface area contributed by atoms with Gasteiger partial charge < -0.3 is 5.32 Å². The first-order valence-electron chi connectivity index (χ1n) is 6.55. The summed E-state index contributed by atoms with van der Waals surface area (Å²) in [6.45, 7) is -0.454. The normalized spacial score (nSPS) is 21.5. The first kappa shape index (κ1) is 16.7. The van der Waals surface area contributed by atoms with E-state index in [1.54, 1.807) is 0 Å². The van der Waals surface area contributed by atoms with E-state index >= 15 is 0 Å². The summed E-state index contributed by atoms with van der Waals surface area (Å²) >= 11 is 0. The van der Waals surface area contributed by atoms with Gasteiger partial charge >= 0.3 is 0 Å². The molecule has 1 aliphatic heterocycles. The molecule has 2 rings (SSSR count). The van der Waals surface area contributed by atoms with E-state index in [2.05, 4.69) is 10.0 Å². The molecule has 0 aliphatic carbocycles. The van der Waals surface area contributed by atoms with E-state index < -0.39 is 33.3 Å². The molecule has 1 fully saturated rings. The smallest absolute Gasteiger partial charge is 0.269 e. The van der Waals surface area contributed by atoms with Crippen molar-refractivity contribution in [3.8, 4) is 0 Å². The van der Waals surface area contributed by atoms with Crippen molar-refractivity contribution in [3.63, 3.8) is 0 Å². The van der Waals surface area contributed by atoms with Crippen molar-refractivity contribution in [3.05, 3.63) is 34.4 Å². The lowest BCUT2D eigenvalue weighted by atomic mass is 9.94. The predicted molar refractivity (Wildman–Crippen MR) is 74.2 cm³/mol. The fraction of sp³-hybridized carbons (Fsp3) is 0.500. The van der Waals surface area contributed by atoms with Crippen LogP contribution in [-0.4, -0.2) is 38.9 Å². The van der Waals surface area contributed by atoms with Crippen LogP contribution in [0.3, 0.4) is 0 Å². The van der Waals surface area contributed by atoms with Crippen molar-refractivity contribution < 1.29 is 22.1 Å². The number of nitrogens with one attached hydrogen (secondary N) is 2. The number of nitrogens with zero attached hydrogens (tertiary/aromatic N) is 1. The Hall–Kier alpha value is -1.65. The first-order valence-corrected chi connectivity index (χ1v) is 8.03. The summed E-state index contributed by atoms with van der Waals surface area (Å²) in [5.41, 5.74) is -0.246. The summed E-state index contributed by atoms with van der Waals surface area (Å²) in [5.74, 6) is -4.06. The Balaban J connectivity index is 2.06. The van der Waals surface area contributed by atoms with Crippen LogP contribution in [-0.2, 0) is 10.0 Å². The van der Waals surface area contributed by atoms with E-state index in [-0.39, 0.29) is 23.5 Å². The molecule has 0 radical (unpaired) electrons. The van der Waals surface area contributed by atoms with Crippen LogP contribution in [0, 0.1) is 16.0 Å². The second-order valence-corrected chi connectivity index (χ2v) is 6.79. The van der Waals surface area contributed by atoms with E-state index in [1.807, 2.05) is 0 Å². The van der Waals surface area contributed by atoms with Crippen molar-refractivity contribution in [1.82, 2.24) is 10.0 Å². The van der Waals surface area contributed by atoms with E-state index in [0.717, 1.165) is 24.3 Å². The molecule has 1 aromatic rings. The van der Waals surface area contributed by atoms with Gasteiger partial charge in [0.25, 0.3) is 11.6 Å². The standard InChI is InChI=1S/C12H15F2N3O4S/c13-12(14)8-15-6-5-9(12)7-16-22(20,21)11-3-1-10(2-4-11)17(18)19/h1-4,9,15-16H,5-8H2. The van der Waals surface area contributed by atoms with Gasteiger partial charge in [0.15, 0.2) is 0 Å². The second-order valence-electron chi connectivity index (χ2n) is 5.03. The molecule has 1 atom stereocenters. The Morgan fingerprint density at radius 3 is 2.55 bits per heavy atom. The highest BCUT2D eigenvalue weighted by Gasteiger charge is 2.41. The van der Waals surface area contributed by atoms with Gasteiger partial charge in [-0.3, -0.25) is 10.1 Å².